The van der Waals surface area contributed by atoms with Crippen LogP contribution in [0.15, 0.2) is 101 Å². The molecule has 0 saturated heterocycles. The fraction of sp³-hybridized carbons (Fsp3) is 0.562. The summed E-state index contributed by atoms with van der Waals surface area (Å²) in [7, 11) is 2.82. The second-order valence-electron chi connectivity index (χ2n) is 16.3. The molecule has 12 atom stereocenters. The van der Waals surface area contributed by atoms with Gasteiger partial charge < -0.3 is 44.8 Å². The van der Waals surface area contributed by atoms with Gasteiger partial charge in [0.2, 0.25) is 5.76 Å². The number of methoxy groups -OCH3 is 2. The van der Waals surface area contributed by atoms with E-state index in [1.54, 1.807) is 76.3 Å². The molecule has 2 rings (SSSR count). The number of benzene rings is 1. The van der Waals surface area contributed by atoms with Crippen molar-refractivity contribution >= 4 is 17.6 Å². The number of rotatable bonds is 16. The number of oxime groups is 1. The van der Waals surface area contributed by atoms with Gasteiger partial charge in [-0.3, -0.25) is 4.79 Å². The van der Waals surface area contributed by atoms with Crippen molar-refractivity contribution in [3.63, 3.8) is 0 Å². The van der Waals surface area contributed by atoms with Crippen LogP contribution in [0.25, 0.3) is 0 Å². The standard InChI is InChI=1S/C48H71FN2O10/c1-12-15-40(52)31(5)18-23-39(51-60-28-43(53)50-27-36-19-21-37(49)22-20-36)34(8)46(56)35(9)47-41(58-10)17-14-16-29(3)24-32(6)44(54)38(13-2)45(55)33(7)25-30(4)26-42(59-11)48(57)61-47/h12,14-23,25-26,31-35,38,40-41,44-47,52,54-56H,13,24,27-28H2,1-11H3,(H,50,53)/b15-12+,17-14-,23-18+,29-16-,30-25-,42-26+,51-39-. The first-order valence-corrected chi connectivity index (χ1v) is 21.1. The second kappa shape index (κ2) is 26.8. The van der Waals surface area contributed by atoms with Crippen LogP contribution in [0.2, 0.25) is 0 Å². The molecule has 0 aromatic heterocycles. The number of allylic oxidation sites excluding steroid dienone is 7. The lowest BCUT2D eigenvalue weighted by Gasteiger charge is -2.34. The molecule has 1 amide bonds. The molecule has 1 aliphatic rings. The van der Waals surface area contributed by atoms with Gasteiger partial charge in [0.15, 0.2) is 6.61 Å². The summed E-state index contributed by atoms with van der Waals surface area (Å²) in [5, 5.41) is 52.2. The minimum absolute atomic E-state index is 0.114. The molecule has 0 aliphatic carbocycles. The largest absolute Gasteiger partial charge is 0.490 e. The Bertz CT molecular complexity index is 1740. The van der Waals surface area contributed by atoms with E-state index in [4.69, 9.17) is 19.0 Å². The van der Waals surface area contributed by atoms with E-state index >= 15 is 0 Å². The summed E-state index contributed by atoms with van der Waals surface area (Å²) < 4.78 is 30.9. The van der Waals surface area contributed by atoms with Gasteiger partial charge in [0.25, 0.3) is 5.91 Å². The van der Waals surface area contributed by atoms with Crippen molar-refractivity contribution in [2.45, 2.75) is 118 Å². The molecule has 5 N–H and O–H groups in total. The van der Waals surface area contributed by atoms with E-state index in [1.807, 2.05) is 46.8 Å². The van der Waals surface area contributed by atoms with Crippen molar-refractivity contribution in [1.82, 2.24) is 5.32 Å². The van der Waals surface area contributed by atoms with Crippen LogP contribution in [0.1, 0.15) is 80.7 Å². The number of aliphatic hydroxyl groups excluding tert-OH is 4. The molecule has 0 saturated carbocycles. The lowest BCUT2D eigenvalue weighted by atomic mass is 9.79. The van der Waals surface area contributed by atoms with Crippen LogP contribution in [-0.4, -0.2) is 95.5 Å². The van der Waals surface area contributed by atoms with Crippen LogP contribution in [-0.2, 0) is 35.2 Å². The Morgan fingerprint density at radius 3 is 2.34 bits per heavy atom. The maximum atomic E-state index is 13.9. The minimum atomic E-state index is -1.23. The molecule has 0 fully saturated rings. The van der Waals surface area contributed by atoms with Gasteiger partial charge in [-0.15, -0.1) is 0 Å². The SMILES string of the molecule is C/C=C/C(O)C(C)/C=C/C(=N/OCC(=O)NCc1ccc(F)cc1)C(C)C(O)C(C)C1OC(=O)/C(OC)=C\C(C)=C/C(C)C(O)C(CC)C(O)C(C)C/C(C)=C\C=C/C1OC. The van der Waals surface area contributed by atoms with Gasteiger partial charge >= 0.3 is 5.97 Å². The third-order valence-corrected chi connectivity index (χ3v) is 11.2. The molecule has 61 heavy (non-hydrogen) atoms. The lowest BCUT2D eigenvalue weighted by molar-refractivity contribution is -0.161. The molecular formula is C48H71FN2O10. The number of nitrogens with one attached hydrogen (secondary N) is 1. The molecular weight excluding hydrogens is 784 g/mol. The summed E-state index contributed by atoms with van der Waals surface area (Å²) >= 11 is 0. The number of halogens is 1. The maximum Gasteiger partial charge on any atom is 0.373 e. The topological polar surface area (TPSA) is 176 Å². The van der Waals surface area contributed by atoms with Crippen molar-refractivity contribution in [2.75, 3.05) is 20.8 Å². The number of hydrogen-bond donors (Lipinski definition) is 5. The van der Waals surface area contributed by atoms with Gasteiger partial charge in [0.05, 0.1) is 37.2 Å². The van der Waals surface area contributed by atoms with Gasteiger partial charge in [0, 0.05) is 43.2 Å². The number of amides is 1. The predicted molar refractivity (Wildman–Crippen MR) is 236 cm³/mol. The monoisotopic (exact) mass is 855 g/mol. The normalized spacial score (nSPS) is 29.6. The molecule has 1 heterocycles. The Balaban J connectivity index is 2.56. The fourth-order valence-electron chi connectivity index (χ4n) is 7.32. The zero-order chi connectivity index (χ0) is 45.8. The average Bonchev–Trinajstić information content (AvgIpc) is 3.23. The summed E-state index contributed by atoms with van der Waals surface area (Å²) in [5.74, 6) is -4.61. The summed E-state index contributed by atoms with van der Waals surface area (Å²) in [6, 6.07) is 5.72. The first-order chi connectivity index (χ1) is 28.9. The van der Waals surface area contributed by atoms with Gasteiger partial charge in [0.1, 0.15) is 18.0 Å². The van der Waals surface area contributed by atoms with Crippen LogP contribution in [0.3, 0.4) is 0 Å². The van der Waals surface area contributed by atoms with Gasteiger partial charge in [-0.2, -0.15) is 0 Å². The number of nitrogens with zero attached hydrogens (tertiary/aromatic N) is 1. The third-order valence-electron chi connectivity index (χ3n) is 11.2. The van der Waals surface area contributed by atoms with Crippen LogP contribution in [0, 0.1) is 41.3 Å². The smallest absolute Gasteiger partial charge is 0.373 e. The first-order valence-electron chi connectivity index (χ1n) is 21.1. The zero-order valence-electron chi connectivity index (χ0n) is 37.8. The van der Waals surface area contributed by atoms with Crippen molar-refractivity contribution < 1.29 is 53.5 Å². The highest BCUT2D eigenvalue weighted by Crippen LogP contribution is 2.30. The highest BCUT2D eigenvalue weighted by atomic mass is 19.1. The summed E-state index contributed by atoms with van der Waals surface area (Å²) in [4.78, 5) is 32.0. The lowest BCUT2D eigenvalue weighted by Crippen LogP contribution is -2.45. The molecule has 0 spiro atoms. The molecule has 0 radical (unpaired) electrons. The Morgan fingerprint density at radius 2 is 1.74 bits per heavy atom. The zero-order valence-corrected chi connectivity index (χ0v) is 37.8. The van der Waals surface area contributed by atoms with Crippen molar-refractivity contribution in [3.8, 4) is 0 Å². The van der Waals surface area contributed by atoms with Crippen molar-refractivity contribution in [1.29, 1.82) is 0 Å². The van der Waals surface area contributed by atoms with Crippen LogP contribution in [0.4, 0.5) is 4.39 Å². The van der Waals surface area contributed by atoms with E-state index in [-0.39, 0.29) is 47.5 Å². The fourth-order valence-corrected chi connectivity index (χ4v) is 7.32. The number of aliphatic hydroxyl groups is 4. The summed E-state index contributed by atoms with van der Waals surface area (Å²) in [6.07, 6.45) is 11.0. The van der Waals surface area contributed by atoms with Crippen molar-refractivity contribution in [2.24, 2.45) is 40.7 Å². The van der Waals surface area contributed by atoms with Crippen molar-refractivity contribution in [3.05, 3.63) is 107 Å². The van der Waals surface area contributed by atoms with E-state index in [2.05, 4.69) is 10.5 Å². The Morgan fingerprint density at radius 1 is 1.07 bits per heavy atom. The predicted octanol–water partition coefficient (Wildman–Crippen LogP) is 6.91. The molecule has 12 nitrogen and oxygen atoms in total. The van der Waals surface area contributed by atoms with Crippen LogP contribution in [0.5, 0.6) is 0 Å². The van der Waals surface area contributed by atoms with Gasteiger partial charge in [-0.05, 0) is 69.4 Å². The van der Waals surface area contributed by atoms with E-state index in [0.29, 0.717) is 24.0 Å². The highest BCUT2D eigenvalue weighted by Gasteiger charge is 2.38. The molecule has 340 valence electrons. The van der Waals surface area contributed by atoms with E-state index < -0.39 is 66.9 Å². The highest BCUT2D eigenvalue weighted by molar-refractivity contribution is 5.96. The quantitative estimate of drug-likeness (QED) is 0.0509. The number of carbonyl (C=O) groups excluding carboxylic acids is 2. The molecule has 13 heteroatoms. The number of hydrogen-bond acceptors (Lipinski definition) is 11. The third kappa shape index (κ3) is 17.1. The first kappa shape index (κ1) is 52.7. The van der Waals surface area contributed by atoms with E-state index in [1.165, 1.54) is 32.4 Å². The van der Waals surface area contributed by atoms with Crippen LogP contribution >= 0.6 is 0 Å². The number of ether oxygens (including phenoxy) is 3. The summed E-state index contributed by atoms with van der Waals surface area (Å²) in [6.45, 7) is 16.2. The second-order valence-corrected chi connectivity index (χ2v) is 16.3. The average molecular weight is 855 g/mol. The molecule has 1 aromatic carbocycles. The molecule has 1 aromatic rings. The summed E-state index contributed by atoms with van der Waals surface area (Å²) in [5.41, 5.74) is 2.54. The van der Waals surface area contributed by atoms with Gasteiger partial charge in [-0.25, -0.2) is 9.18 Å². The molecule has 0 bridgehead atoms. The number of carbonyl (C=O) groups is 2. The molecule has 1 aliphatic heterocycles. The number of cyclic esters (lactones) is 1. The molecule has 12 unspecified atom stereocenters. The maximum absolute atomic E-state index is 13.9. The van der Waals surface area contributed by atoms with E-state index in [9.17, 15) is 34.4 Å². The van der Waals surface area contributed by atoms with Crippen LogP contribution < -0.4 is 5.32 Å². The Kier molecular flexibility index (Phi) is 23.2. The minimum Gasteiger partial charge on any atom is -0.490 e. The number of esters is 1. The Hall–Kier alpha value is -4.40. The van der Waals surface area contributed by atoms with Gasteiger partial charge in [-0.1, -0.05) is 113 Å². The van der Waals surface area contributed by atoms with E-state index in [0.717, 1.165) is 5.57 Å². The Labute approximate surface area is 362 Å².